The highest BCUT2D eigenvalue weighted by atomic mass is 32.2. The summed E-state index contributed by atoms with van der Waals surface area (Å²) >= 11 is 0. The summed E-state index contributed by atoms with van der Waals surface area (Å²) in [5.41, 5.74) is -0.129. The Balaban J connectivity index is 2.45. The van der Waals surface area contributed by atoms with Crippen molar-refractivity contribution in [1.82, 2.24) is 0 Å². The Morgan fingerprint density at radius 2 is 1.86 bits per heavy atom. The fourth-order valence-electron chi connectivity index (χ4n) is 2.61. The number of hydrogen-bond donors (Lipinski definition) is 0. The number of rotatable bonds is 2. The summed E-state index contributed by atoms with van der Waals surface area (Å²) in [6, 6.07) is 4.10. The second-order valence-electron chi connectivity index (χ2n) is 6.66. The lowest BCUT2D eigenvalue weighted by atomic mass is 9.63. The monoisotopic (exact) mass is 313 g/mol. The van der Waals surface area contributed by atoms with Crippen molar-refractivity contribution in [2.45, 2.75) is 43.3 Å². The second-order valence-corrected chi connectivity index (χ2v) is 8.88. The molecule has 6 heteroatoms. The molecule has 0 amide bonds. The van der Waals surface area contributed by atoms with Gasteiger partial charge in [-0.1, -0.05) is 20.8 Å². The maximum atomic E-state index is 13.8. The van der Waals surface area contributed by atoms with Crippen molar-refractivity contribution in [1.29, 1.82) is 5.26 Å². The molecular weight excluding hydrogens is 296 g/mol. The minimum atomic E-state index is -4.24. The van der Waals surface area contributed by atoms with E-state index in [0.717, 1.165) is 12.1 Å². The molecule has 0 radical (unpaired) electrons. The Bertz CT molecular complexity index is 708. The summed E-state index contributed by atoms with van der Waals surface area (Å²) in [4.78, 5) is -0.726. The quantitative estimate of drug-likeness (QED) is 0.840. The Morgan fingerprint density at radius 3 is 2.33 bits per heavy atom. The van der Waals surface area contributed by atoms with E-state index in [1.807, 2.05) is 26.8 Å². The summed E-state index contributed by atoms with van der Waals surface area (Å²) in [5.74, 6) is -1.80. The van der Waals surface area contributed by atoms with E-state index >= 15 is 0 Å². The highest BCUT2D eigenvalue weighted by Crippen LogP contribution is 2.53. The first-order valence-corrected chi connectivity index (χ1v) is 8.13. The fourth-order valence-corrected chi connectivity index (χ4v) is 4.59. The molecule has 2 rings (SSSR count). The van der Waals surface area contributed by atoms with Crippen LogP contribution in [0.2, 0.25) is 0 Å². The van der Waals surface area contributed by atoms with Gasteiger partial charge in [-0.2, -0.15) is 5.26 Å². The third-order valence-corrected chi connectivity index (χ3v) is 6.62. The molecule has 3 nitrogen and oxygen atoms in total. The Labute approximate surface area is 123 Å². The molecule has 0 aromatic heterocycles. The van der Waals surface area contributed by atoms with Crippen LogP contribution in [0.15, 0.2) is 23.1 Å². The zero-order chi connectivity index (χ0) is 16.1. The predicted molar refractivity (Wildman–Crippen MR) is 74.1 cm³/mol. The van der Waals surface area contributed by atoms with Gasteiger partial charge in [-0.05, 0) is 42.4 Å². The van der Waals surface area contributed by atoms with Crippen molar-refractivity contribution in [3.05, 3.63) is 29.8 Å². The number of sulfone groups is 1. The van der Waals surface area contributed by atoms with E-state index in [0.29, 0.717) is 6.07 Å². The van der Waals surface area contributed by atoms with Crippen LogP contribution in [0.4, 0.5) is 8.78 Å². The molecule has 1 aromatic carbocycles. The van der Waals surface area contributed by atoms with Crippen molar-refractivity contribution in [3.63, 3.8) is 0 Å². The van der Waals surface area contributed by atoms with Gasteiger partial charge in [0.1, 0.15) is 16.5 Å². The number of nitriles is 1. The molecule has 0 unspecified atom stereocenters. The number of hydrogen-bond acceptors (Lipinski definition) is 3. The molecule has 0 bridgehead atoms. The van der Waals surface area contributed by atoms with Crippen LogP contribution < -0.4 is 0 Å². The Kier molecular flexibility index (Phi) is 3.61. The third-order valence-electron chi connectivity index (χ3n) is 4.28. The predicted octanol–water partition coefficient (Wildman–Crippen LogP) is 3.46. The van der Waals surface area contributed by atoms with Crippen LogP contribution in [0.3, 0.4) is 0 Å². The lowest BCUT2D eigenvalue weighted by Gasteiger charge is -2.48. The lowest BCUT2D eigenvalue weighted by Crippen LogP contribution is -2.53. The number of nitrogens with zero attached hydrogens (tertiary/aromatic N) is 1. The van der Waals surface area contributed by atoms with E-state index in [-0.39, 0.29) is 24.2 Å². The minimum Gasteiger partial charge on any atom is -0.222 e. The number of benzene rings is 1. The van der Waals surface area contributed by atoms with E-state index in [9.17, 15) is 22.5 Å². The summed E-state index contributed by atoms with van der Waals surface area (Å²) < 4.78 is 50.5. The van der Waals surface area contributed by atoms with Crippen molar-refractivity contribution < 1.29 is 17.2 Å². The van der Waals surface area contributed by atoms with Gasteiger partial charge < -0.3 is 0 Å². The van der Waals surface area contributed by atoms with Crippen molar-refractivity contribution >= 4 is 9.84 Å². The van der Waals surface area contributed by atoms with E-state index in [1.54, 1.807) is 0 Å². The van der Waals surface area contributed by atoms with Crippen LogP contribution in [-0.2, 0) is 9.84 Å². The molecule has 0 aliphatic heterocycles. The van der Waals surface area contributed by atoms with Gasteiger partial charge in [0.05, 0.1) is 6.07 Å². The molecule has 0 atom stereocenters. The molecule has 0 heterocycles. The maximum Gasteiger partial charge on any atom is 0.200 e. The van der Waals surface area contributed by atoms with E-state index < -0.39 is 31.1 Å². The zero-order valence-corrected chi connectivity index (χ0v) is 13.0. The first kappa shape index (κ1) is 15.9. The van der Waals surface area contributed by atoms with Crippen molar-refractivity contribution in [2.24, 2.45) is 11.3 Å². The third kappa shape index (κ3) is 2.44. The first-order chi connectivity index (χ1) is 9.53. The minimum absolute atomic E-state index is 0.0588. The molecule has 114 valence electrons. The molecule has 1 aliphatic rings. The van der Waals surface area contributed by atoms with E-state index in [1.165, 1.54) is 0 Å². The van der Waals surface area contributed by atoms with Gasteiger partial charge in [0, 0.05) is 0 Å². The van der Waals surface area contributed by atoms with Gasteiger partial charge in [0.25, 0.3) is 0 Å². The normalized spacial score (nSPS) is 26.0. The molecule has 1 saturated carbocycles. The lowest BCUT2D eigenvalue weighted by molar-refractivity contribution is 0.117. The van der Waals surface area contributed by atoms with Gasteiger partial charge in [-0.15, -0.1) is 0 Å². The molecule has 0 saturated heterocycles. The topological polar surface area (TPSA) is 57.9 Å². The maximum absolute atomic E-state index is 13.8. The fraction of sp³-hybridized carbons (Fsp3) is 0.533. The van der Waals surface area contributed by atoms with Gasteiger partial charge in [0.2, 0.25) is 0 Å². The Morgan fingerprint density at radius 1 is 1.29 bits per heavy atom. The average molecular weight is 313 g/mol. The van der Waals surface area contributed by atoms with E-state index in [4.69, 9.17) is 0 Å². The second kappa shape index (κ2) is 4.77. The van der Waals surface area contributed by atoms with Gasteiger partial charge in [-0.3, -0.25) is 0 Å². The Hall–Kier alpha value is -1.48. The van der Waals surface area contributed by atoms with E-state index in [2.05, 4.69) is 0 Å². The molecule has 21 heavy (non-hydrogen) atoms. The summed E-state index contributed by atoms with van der Waals surface area (Å²) in [6.45, 7) is 5.90. The molecular formula is C15H17F2NO2S. The standard InChI is InChI=1S/C15H17F2NO2S/c1-14(2,3)10-7-15(8-10,9-18)21(19,20)13-6-11(16)4-5-12(13)17/h4-6,10H,7-8H2,1-3H3. The van der Waals surface area contributed by atoms with Crippen molar-refractivity contribution in [3.8, 4) is 6.07 Å². The summed E-state index contributed by atoms with van der Waals surface area (Å²) in [5, 5.41) is 9.33. The largest absolute Gasteiger partial charge is 0.222 e. The molecule has 1 aliphatic carbocycles. The number of halogens is 2. The van der Waals surface area contributed by atoms with Crippen LogP contribution in [0, 0.1) is 34.3 Å². The molecule has 0 N–H and O–H groups in total. The molecule has 1 aromatic rings. The highest BCUT2D eigenvalue weighted by molar-refractivity contribution is 7.93. The van der Waals surface area contributed by atoms with Crippen LogP contribution in [-0.4, -0.2) is 13.2 Å². The smallest absolute Gasteiger partial charge is 0.200 e. The van der Waals surface area contributed by atoms with Gasteiger partial charge >= 0.3 is 0 Å². The summed E-state index contributed by atoms with van der Waals surface area (Å²) in [7, 11) is -4.24. The van der Waals surface area contributed by atoms with Crippen LogP contribution in [0.1, 0.15) is 33.6 Å². The molecule has 1 fully saturated rings. The molecule has 0 spiro atoms. The highest BCUT2D eigenvalue weighted by Gasteiger charge is 2.58. The van der Waals surface area contributed by atoms with Crippen LogP contribution in [0.5, 0.6) is 0 Å². The SMILES string of the molecule is CC(C)(C)C1CC(C#N)(S(=O)(=O)c2cc(F)ccc2F)C1. The van der Waals surface area contributed by atoms with Gasteiger partial charge in [0.15, 0.2) is 14.6 Å². The van der Waals surface area contributed by atoms with Crippen molar-refractivity contribution in [2.75, 3.05) is 0 Å². The first-order valence-electron chi connectivity index (χ1n) is 6.64. The van der Waals surface area contributed by atoms with Crippen LogP contribution in [0.25, 0.3) is 0 Å². The summed E-state index contributed by atoms with van der Waals surface area (Å²) in [6.07, 6.45) is 0.288. The zero-order valence-electron chi connectivity index (χ0n) is 12.2. The van der Waals surface area contributed by atoms with Crippen LogP contribution >= 0.6 is 0 Å². The average Bonchev–Trinajstić information content (AvgIpc) is 2.29. The van der Waals surface area contributed by atoms with Gasteiger partial charge in [-0.25, -0.2) is 17.2 Å².